The van der Waals surface area contributed by atoms with Gasteiger partial charge in [0.1, 0.15) is 0 Å². The summed E-state index contributed by atoms with van der Waals surface area (Å²) in [5.41, 5.74) is 1.18. The van der Waals surface area contributed by atoms with Crippen LogP contribution in [0.5, 0.6) is 0 Å². The van der Waals surface area contributed by atoms with Crippen LogP contribution in [0.3, 0.4) is 0 Å². The van der Waals surface area contributed by atoms with E-state index >= 15 is 0 Å². The molecule has 22 heavy (non-hydrogen) atoms. The molecule has 0 atom stereocenters. The smallest absolute Gasteiger partial charge is 0.269 e. The molecule has 0 saturated heterocycles. The molecule has 2 aromatic rings. The Morgan fingerprint density at radius 3 is 2.36 bits per heavy atom. The second kappa shape index (κ2) is 7.24. The summed E-state index contributed by atoms with van der Waals surface area (Å²) in [5, 5.41) is 14.5. The van der Waals surface area contributed by atoms with Crippen LogP contribution in [0, 0.1) is 10.1 Å². The zero-order valence-corrected chi connectivity index (χ0v) is 12.9. The average molecular weight is 339 g/mol. The van der Waals surface area contributed by atoms with Crippen LogP contribution in [0.2, 0.25) is 10.0 Å². The summed E-state index contributed by atoms with van der Waals surface area (Å²) >= 11 is 11.7. The van der Waals surface area contributed by atoms with E-state index in [-0.39, 0.29) is 17.9 Å². The number of nitrogens with zero attached hydrogens (tertiary/aromatic N) is 1. The summed E-state index contributed by atoms with van der Waals surface area (Å²) in [5.74, 6) is -0.0949. The van der Waals surface area contributed by atoms with Crippen LogP contribution in [-0.4, -0.2) is 17.3 Å². The van der Waals surface area contributed by atoms with Crippen molar-refractivity contribution in [2.24, 2.45) is 0 Å². The van der Waals surface area contributed by atoms with Crippen molar-refractivity contribution in [1.82, 2.24) is 0 Å². The molecule has 5 nitrogen and oxygen atoms in total. The van der Waals surface area contributed by atoms with Crippen molar-refractivity contribution in [1.29, 1.82) is 0 Å². The Morgan fingerprint density at radius 1 is 1.09 bits per heavy atom. The number of halogens is 2. The molecule has 0 spiro atoms. The van der Waals surface area contributed by atoms with Gasteiger partial charge in [-0.3, -0.25) is 14.9 Å². The van der Waals surface area contributed by atoms with E-state index < -0.39 is 4.92 Å². The van der Waals surface area contributed by atoms with Crippen LogP contribution in [-0.2, 0) is 0 Å². The van der Waals surface area contributed by atoms with E-state index in [1.807, 2.05) is 0 Å². The molecule has 7 heteroatoms. The molecule has 0 amide bonds. The number of rotatable bonds is 6. The van der Waals surface area contributed by atoms with Crippen LogP contribution >= 0.6 is 23.2 Å². The third kappa shape index (κ3) is 4.19. The minimum absolute atomic E-state index is 0.0366. The van der Waals surface area contributed by atoms with Crippen molar-refractivity contribution >= 4 is 40.4 Å². The Hall–Kier alpha value is -2.11. The topological polar surface area (TPSA) is 72.2 Å². The van der Waals surface area contributed by atoms with Gasteiger partial charge in [-0.15, -0.1) is 0 Å². The third-order valence-electron chi connectivity index (χ3n) is 3.00. The first-order valence-corrected chi connectivity index (χ1v) is 7.19. The number of ketones is 1. The number of nitrogens with one attached hydrogen (secondary N) is 1. The number of carbonyl (C=O) groups excluding carboxylic acids is 1. The Bertz CT molecular complexity index is 702. The van der Waals surface area contributed by atoms with Crippen LogP contribution in [0.25, 0.3) is 0 Å². The molecule has 0 heterocycles. The van der Waals surface area contributed by atoms with Gasteiger partial charge in [-0.05, 0) is 30.3 Å². The molecule has 0 aliphatic carbocycles. The van der Waals surface area contributed by atoms with Crippen molar-refractivity contribution in [3.8, 4) is 0 Å². The average Bonchev–Trinajstić information content (AvgIpc) is 2.51. The molecule has 1 N–H and O–H groups in total. The highest BCUT2D eigenvalue weighted by Crippen LogP contribution is 2.25. The number of non-ortho nitro benzene ring substituents is 1. The number of nitro groups is 1. The Balaban J connectivity index is 1.89. The second-order valence-corrected chi connectivity index (χ2v) is 5.35. The Kier molecular flexibility index (Phi) is 5.35. The van der Waals surface area contributed by atoms with Crippen molar-refractivity contribution in [3.63, 3.8) is 0 Å². The predicted molar refractivity (Wildman–Crippen MR) is 87.0 cm³/mol. The van der Waals surface area contributed by atoms with E-state index in [2.05, 4.69) is 5.32 Å². The molecule has 0 aromatic heterocycles. The van der Waals surface area contributed by atoms with Crippen LogP contribution in [0.1, 0.15) is 16.8 Å². The van der Waals surface area contributed by atoms with E-state index in [0.717, 1.165) is 5.69 Å². The fraction of sp³-hybridized carbons (Fsp3) is 0.133. The van der Waals surface area contributed by atoms with Gasteiger partial charge in [0.15, 0.2) is 5.78 Å². The highest BCUT2D eigenvalue weighted by Gasteiger charge is 2.09. The molecule has 0 radical (unpaired) electrons. The summed E-state index contributed by atoms with van der Waals surface area (Å²) < 4.78 is 0. The molecular weight excluding hydrogens is 327 g/mol. The molecular formula is C15H12Cl2N2O3. The summed E-state index contributed by atoms with van der Waals surface area (Å²) in [7, 11) is 0. The Labute approximate surface area is 137 Å². The van der Waals surface area contributed by atoms with E-state index in [9.17, 15) is 14.9 Å². The molecule has 0 saturated carbocycles. The van der Waals surface area contributed by atoms with Gasteiger partial charge in [0.05, 0.1) is 15.0 Å². The fourth-order valence-electron chi connectivity index (χ4n) is 1.84. The first kappa shape index (κ1) is 16.3. The molecule has 0 unspecified atom stereocenters. The molecule has 0 aliphatic rings. The summed E-state index contributed by atoms with van der Waals surface area (Å²) in [6, 6.07) is 10.7. The summed E-state index contributed by atoms with van der Waals surface area (Å²) in [6.07, 6.45) is 0.262. The first-order chi connectivity index (χ1) is 10.5. The SMILES string of the molecule is O=C(CCNc1ccc(Cl)c(Cl)c1)c1ccc([N+](=O)[O-])cc1. The lowest BCUT2D eigenvalue weighted by Crippen LogP contribution is -2.09. The molecule has 0 bridgehead atoms. The number of hydrogen-bond donors (Lipinski definition) is 1. The lowest BCUT2D eigenvalue weighted by Gasteiger charge is -2.07. The molecule has 2 rings (SSSR count). The number of Topliss-reactive ketones (excluding diaryl/α,β-unsaturated/α-hetero) is 1. The number of carbonyl (C=O) groups is 1. The third-order valence-corrected chi connectivity index (χ3v) is 3.74. The van der Waals surface area contributed by atoms with Gasteiger partial charge >= 0.3 is 0 Å². The van der Waals surface area contributed by atoms with Crippen LogP contribution in [0.4, 0.5) is 11.4 Å². The van der Waals surface area contributed by atoms with Gasteiger partial charge in [-0.25, -0.2) is 0 Å². The monoisotopic (exact) mass is 338 g/mol. The van der Waals surface area contributed by atoms with E-state index in [4.69, 9.17) is 23.2 Å². The lowest BCUT2D eigenvalue weighted by molar-refractivity contribution is -0.384. The normalized spacial score (nSPS) is 10.3. The number of anilines is 1. The minimum Gasteiger partial charge on any atom is -0.385 e. The number of nitro benzene ring substituents is 1. The van der Waals surface area contributed by atoms with E-state index in [1.165, 1.54) is 24.3 Å². The van der Waals surface area contributed by atoms with Crippen molar-refractivity contribution in [2.75, 3.05) is 11.9 Å². The van der Waals surface area contributed by atoms with Gasteiger partial charge in [-0.1, -0.05) is 23.2 Å². The second-order valence-electron chi connectivity index (χ2n) is 4.53. The summed E-state index contributed by atoms with van der Waals surface area (Å²) in [4.78, 5) is 22.0. The van der Waals surface area contributed by atoms with Crippen LogP contribution in [0.15, 0.2) is 42.5 Å². The number of hydrogen-bond acceptors (Lipinski definition) is 4. The van der Waals surface area contributed by atoms with Crippen molar-refractivity contribution in [3.05, 3.63) is 68.2 Å². The number of benzene rings is 2. The molecule has 0 fully saturated rings. The van der Waals surface area contributed by atoms with Gasteiger partial charge in [0.25, 0.3) is 5.69 Å². The van der Waals surface area contributed by atoms with Crippen LogP contribution < -0.4 is 5.32 Å². The van der Waals surface area contributed by atoms with Gasteiger partial charge in [0, 0.05) is 36.3 Å². The first-order valence-electron chi connectivity index (χ1n) is 6.44. The van der Waals surface area contributed by atoms with Gasteiger partial charge in [-0.2, -0.15) is 0 Å². The molecule has 0 aliphatic heterocycles. The maximum Gasteiger partial charge on any atom is 0.269 e. The zero-order chi connectivity index (χ0) is 16.1. The largest absolute Gasteiger partial charge is 0.385 e. The Morgan fingerprint density at radius 2 is 1.77 bits per heavy atom. The van der Waals surface area contributed by atoms with Crippen molar-refractivity contribution < 1.29 is 9.72 Å². The molecule has 2 aromatic carbocycles. The highest BCUT2D eigenvalue weighted by atomic mass is 35.5. The van der Waals surface area contributed by atoms with Gasteiger partial charge in [0.2, 0.25) is 0 Å². The highest BCUT2D eigenvalue weighted by molar-refractivity contribution is 6.42. The molecule has 114 valence electrons. The lowest BCUT2D eigenvalue weighted by atomic mass is 10.1. The van der Waals surface area contributed by atoms with Crippen molar-refractivity contribution in [2.45, 2.75) is 6.42 Å². The predicted octanol–water partition coefficient (Wildman–Crippen LogP) is 4.59. The summed E-state index contributed by atoms with van der Waals surface area (Å²) in [6.45, 7) is 0.424. The fourth-order valence-corrected chi connectivity index (χ4v) is 2.14. The van der Waals surface area contributed by atoms with Gasteiger partial charge < -0.3 is 5.32 Å². The van der Waals surface area contributed by atoms with E-state index in [1.54, 1.807) is 18.2 Å². The quantitative estimate of drug-likeness (QED) is 0.475. The maximum atomic E-state index is 12.0. The zero-order valence-electron chi connectivity index (χ0n) is 11.4. The maximum absolute atomic E-state index is 12.0. The van der Waals surface area contributed by atoms with E-state index in [0.29, 0.717) is 22.2 Å². The minimum atomic E-state index is -0.500. The standard InChI is InChI=1S/C15H12Cl2N2O3/c16-13-6-3-11(9-14(13)17)18-8-7-15(20)10-1-4-12(5-2-10)19(21)22/h1-6,9,18H,7-8H2.